The fourth-order valence-electron chi connectivity index (χ4n) is 1.97. The highest BCUT2D eigenvalue weighted by molar-refractivity contribution is 7.86. The van der Waals surface area contributed by atoms with Gasteiger partial charge in [-0.25, -0.2) is 0 Å². The Morgan fingerprint density at radius 2 is 2.00 bits per heavy atom. The van der Waals surface area contributed by atoms with Gasteiger partial charge < -0.3 is 0 Å². The van der Waals surface area contributed by atoms with Gasteiger partial charge in [-0.3, -0.25) is 0 Å². The average molecular weight is 255 g/mol. The lowest BCUT2D eigenvalue weighted by Crippen LogP contribution is -2.46. The van der Waals surface area contributed by atoms with Crippen LogP contribution < -0.4 is 0 Å². The van der Waals surface area contributed by atoms with Crippen LogP contribution in [0.15, 0.2) is 0 Å². The van der Waals surface area contributed by atoms with Crippen LogP contribution in [0.3, 0.4) is 0 Å². The van der Waals surface area contributed by atoms with E-state index in [-0.39, 0.29) is 6.04 Å². The van der Waals surface area contributed by atoms with Crippen molar-refractivity contribution in [2.75, 3.05) is 25.5 Å². The molecule has 0 N–H and O–H groups in total. The SMILES string of the molecule is CCN(CC)S(=O)(=O)N1CCCC1CCl. The number of alkyl halides is 1. The molecule has 6 heteroatoms. The predicted molar refractivity (Wildman–Crippen MR) is 62.3 cm³/mol. The summed E-state index contributed by atoms with van der Waals surface area (Å²) in [6.07, 6.45) is 1.79. The monoisotopic (exact) mass is 254 g/mol. The molecule has 1 aliphatic heterocycles. The number of nitrogens with zero attached hydrogens (tertiary/aromatic N) is 2. The summed E-state index contributed by atoms with van der Waals surface area (Å²) in [6.45, 7) is 5.35. The van der Waals surface area contributed by atoms with Crippen molar-refractivity contribution in [3.63, 3.8) is 0 Å². The molecule has 4 nitrogen and oxygen atoms in total. The number of hydrogen-bond donors (Lipinski definition) is 0. The second kappa shape index (κ2) is 5.48. The summed E-state index contributed by atoms with van der Waals surface area (Å²) in [5.41, 5.74) is 0. The van der Waals surface area contributed by atoms with Gasteiger partial charge in [0.2, 0.25) is 0 Å². The average Bonchev–Trinajstić information content (AvgIpc) is 2.67. The van der Waals surface area contributed by atoms with Crippen LogP contribution in [0.4, 0.5) is 0 Å². The minimum atomic E-state index is -3.28. The third-order valence-corrected chi connectivity index (χ3v) is 5.43. The first-order valence-corrected chi connectivity index (χ1v) is 7.33. The maximum atomic E-state index is 12.2. The Bertz CT molecular complexity index is 290. The van der Waals surface area contributed by atoms with Gasteiger partial charge in [0, 0.05) is 31.6 Å². The number of halogens is 1. The van der Waals surface area contributed by atoms with Gasteiger partial charge >= 0.3 is 0 Å². The topological polar surface area (TPSA) is 40.6 Å². The molecule has 0 bridgehead atoms. The Morgan fingerprint density at radius 3 is 2.47 bits per heavy atom. The summed E-state index contributed by atoms with van der Waals surface area (Å²) in [7, 11) is -3.28. The molecule has 0 spiro atoms. The molecule has 90 valence electrons. The van der Waals surface area contributed by atoms with E-state index in [1.165, 1.54) is 4.31 Å². The van der Waals surface area contributed by atoms with Gasteiger partial charge in [0.05, 0.1) is 0 Å². The Kier molecular flexibility index (Phi) is 4.83. The summed E-state index contributed by atoms with van der Waals surface area (Å²) in [5, 5.41) is 0. The zero-order chi connectivity index (χ0) is 11.5. The van der Waals surface area contributed by atoms with E-state index in [4.69, 9.17) is 11.6 Å². The molecule has 1 aliphatic rings. The van der Waals surface area contributed by atoms with Gasteiger partial charge in [-0.1, -0.05) is 13.8 Å². The van der Waals surface area contributed by atoms with Gasteiger partial charge in [-0.2, -0.15) is 17.0 Å². The van der Waals surface area contributed by atoms with E-state index >= 15 is 0 Å². The van der Waals surface area contributed by atoms with Crippen molar-refractivity contribution in [3.8, 4) is 0 Å². The van der Waals surface area contributed by atoms with E-state index in [0.29, 0.717) is 25.5 Å². The van der Waals surface area contributed by atoms with Gasteiger partial charge in [-0.05, 0) is 12.8 Å². The molecule has 1 fully saturated rings. The molecule has 0 radical (unpaired) electrons. The van der Waals surface area contributed by atoms with E-state index in [1.54, 1.807) is 4.31 Å². The van der Waals surface area contributed by atoms with Crippen LogP contribution in [0.5, 0.6) is 0 Å². The Hall–Kier alpha value is 0.160. The van der Waals surface area contributed by atoms with Gasteiger partial charge in [0.15, 0.2) is 0 Å². The number of rotatable bonds is 5. The van der Waals surface area contributed by atoms with Crippen molar-refractivity contribution in [1.29, 1.82) is 0 Å². The van der Waals surface area contributed by atoms with Crippen LogP contribution in [0.25, 0.3) is 0 Å². The molecule has 0 aromatic rings. The highest BCUT2D eigenvalue weighted by Gasteiger charge is 2.36. The molecule has 0 aromatic heterocycles. The third kappa shape index (κ3) is 2.64. The van der Waals surface area contributed by atoms with Crippen molar-refractivity contribution < 1.29 is 8.42 Å². The van der Waals surface area contributed by atoms with Crippen molar-refractivity contribution in [3.05, 3.63) is 0 Å². The summed E-state index contributed by atoms with van der Waals surface area (Å²) in [4.78, 5) is 0. The minimum absolute atomic E-state index is 0.0164. The summed E-state index contributed by atoms with van der Waals surface area (Å²) in [6, 6.07) is -0.0164. The first-order valence-electron chi connectivity index (χ1n) is 5.40. The normalized spacial score (nSPS) is 23.9. The maximum absolute atomic E-state index is 12.2. The zero-order valence-electron chi connectivity index (χ0n) is 9.32. The smallest absolute Gasteiger partial charge is 0.195 e. The van der Waals surface area contributed by atoms with Gasteiger partial charge in [0.1, 0.15) is 0 Å². The third-order valence-electron chi connectivity index (χ3n) is 2.83. The standard InChI is InChI=1S/C9H19ClN2O2S/c1-3-11(4-2)15(13,14)12-7-5-6-9(12)8-10/h9H,3-8H2,1-2H3. The minimum Gasteiger partial charge on any atom is -0.195 e. The fourth-order valence-corrected chi connectivity index (χ4v) is 4.23. The predicted octanol–water partition coefficient (Wildman–Crippen LogP) is 1.28. The van der Waals surface area contributed by atoms with Crippen LogP contribution in [0.1, 0.15) is 26.7 Å². The molecular formula is C9H19ClN2O2S. The Labute approximate surface area is 97.4 Å². The van der Waals surface area contributed by atoms with E-state index in [1.807, 2.05) is 13.8 Å². The molecule has 1 unspecified atom stereocenters. The van der Waals surface area contributed by atoms with Crippen LogP contribution in [-0.2, 0) is 10.2 Å². The molecule has 1 rings (SSSR count). The fraction of sp³-hybridized carbons (Fsp3) is 1.00. The lowest BCUT2D eigenvalue weighted by Gasteiger charge is -2.28. The summed E-state index contributed by atoms with van der Waals surface area (Å²) >= 11 is 5.78. The quantitative estimate of drug-likeness (QED) is 0.694. The zero-order valence-corrected chi connectivity index (χ0v) is 10.9. The molecule has 1 saturated heterocycles. The highest BCUT2D eigenvalue weighted by Crippen LogP contribution is 2.23. The van der Waals surface area contributed by atoms with Gasteiger partial charge in [0.25, 0.3) is 10.2 Å². The maximum Gasteiger partial charge on any atom is 0.282 e. The molecule has 0 aromatic carbocycles. The Morgan fingerprint density at radius 1 is 1.40 bits per heavy atom. The lowest BCUT2D eigenvalue weighted by atomic mass is 10.3. The van der Waals surface area contributed by atoms with Crippen molar-refractivity contribution in [2.45, 2.75) is 32.7 Å². The van der Waals surface area contributed by atoms with Crippen molar-refractivity contribution >= 4 is 21.8 Å². The van der Waals surface area contributed by atoms with Crippen LogP contribution in [-0.4, -0.2) is 48.6 Å². The van der Waals surface area contributed by atoms with Gasteiger partial charge in [-0.15, -0.1) is 11.6 Å². The highest BCUT2D eigenvalue weighted by atomic mass is 35.5. The largest absolute Gasteiger partial charge is 0.282 e. The molecule has 0 saturated carbocycles. The van der Waals surface area contributed by atoms with Crippen LogP contribution >= 0.6 is 11.6 Å². The Balaban J connectivity index is 2.84. The first kappa shape index (κ1) is 13.2. The number of hydrogen-bond acceptors (Lipinski definition) is 2. The van der Waals surface area contributed by atoms with Crippen molar-refractivity contribution in [2.24, 2.45) is 0 Å². The summed E-state index contributed by atoms with van der Waals surface area (Å²) in [5.74, 6) is 0.389. The molecule has 0 amide bonds. The van der Waals surface area contributed by atoms with Crippen molar-refractivity contribution in [1.82, 2.24) is 8.61 Å². The molecule has 0 aliphatic carbocycles. The molecular weight excluding hydrogens is 236 g/mol. The summed E-state index contributed by atoms with van der Waals surface area (Å²) < 4.78 is 27.3. The lowest BCUT2D eigenvalue weighted by molar-refractivity contribution is 0.347. The van der Waals surface area contributed by atoms with E-state index in [9.17, 15) is 8.42 Å². The van der Waals surface area contributed by atoms with E-state index in [0.717, 1.165) is 12.8 Å². The second-order valence-electron chi connectivity index (χ2n) is 3.65. The molecule has 1 heterocycles. The first-order chi connectivity index (χ1) is 7.07. The van der Waals surface area contributed by atoms with E-state index < -0.39 is 10.2 Å². The van der Waals surface area contributed by atoms with E-state index in [2.05, 4.69) is 0 Å². The molecule has 1 atom stereocenters. The van der Waals surface area contributed by atoms with Crippen LogP contribution in [0, 0.1) is 0 Å². The second-order valence-corrected chi connectivity index (χ2v) is 5.84. The van der Waals surface area contributed by atoms with Crippen LogP contribution in [0.2, 0.25) is 0 Å². The molecule has 15 heavy (non-hydrogen) atoms.